The van der Waals surface area contributed by atoms with Gasteiger partial charge < -0.3 is 0 Å². The van der Waals surface area contributed by atoms with E-state index in [1.165, 1.54) is 18.5 Å². The Bertz CT molecular complexity index is 1350. The van der Waals surface area contributed by atoms with Crippen molar-refractivity contribution < 1.29 is 26.3 Å². The zero-order chi connectivity index (χ0) is 25.2. The SMILES string of the molecule is FC(F)(F)c1cc(Cl)cc(-c2c(N=NNc3ccccc3)nn(-c3ncccn3)c2C(F)(F)F)c1. The van der Waals surface area contributed by atoms with Gasteiger partial charge in [-0.1, -0.05) is 35.0 Å². The van der Waals surface area contributed by atoms with Crippen LogP contribution in [0.15, 0.2) is 77.3 Å². The maximum absolute atomic E-state index is 14.3. The van der Waals surface area contributed by atoms with Crippen LogP contribution in [-0.4, -0.2) is 19.7 Å². The van der Waals surface area contributed by atoms with Gasteiger partial charge in [0.05, 0.1) is 16.8 Å². The predicted molar refractivity (Wildman–Crippen MR) is 114 cm³/mol. The Kier molecular flexibility index (Phi) is 6.43. The molecular weight excluding hydrogens is 500 g/mol. The molecule has 0 aliphatic rings. The normalized spacial score (nSPS) is 12.3. The Labute approximate surface area is 198 Å². The first-order valence-corrected chi connectivity index (χ1v) is 9.99. The second-order valence-electron chi connectivity index (χ2n) is 6.91. The smallest absolute Gasteiger partial charge is 0.260 e. The van der Waals surface area contributed by atoms with Gasteiger partial charge >= 0.3 is 12.4 Å². The average molecular weight is 512 g/mol. The Morgan fingerprint density at radius 1 is 0.857 bits per heavy atom. The van der Waals surface area contributed by atoms with Gasteiger partial charge in [-0.2, -0.15) is 31.0 Å². The van der Waals surface area contributed by atoms with Crippen LogP contribution in [0.1, 0.15) is 11.3 Å². The third-order valence-corrected chi connectivity index (χ3v) is 4.71. The fourth-order valence-corrected chi connectivity index (χ4v) is 3.32. The van der Waals surface area contributed by atoms with Crippen molar-refractivity contribution in [2.75, 3.05) is 5.43 Å². The summed E-state index contributed by atoms with van der Waals surface area (Å²) >= 11 is 5.83. The topological polar surface area (TPSA) is 80.4 Å². The van der Waals surface area contributed by atoms with Crippen molar-refractivity contribution in [3.8, 4) is 17.1 Å². The summed E-state index contributed by atoms with van der Waals surface area (Å²) in [6.07, 6.45) is -7.59. The zero-order valence-electron chi connectivity index (χ0n) is 17.2. The number of nitrogens with zero attached hydrogens (tertiary/aromatic N) is 6. The summed E-state index contributed by atoms with van der Waals surface area (Å²) in [5, 5.41) is 10.8. The first-order chi connectivity index (χ1) is 16.5. The average Bonchev–Trinajstić information content (AvgIpc) is 3.20. The monoisotopic (exact) mass is 511 g/mol. The lowest BCUT2D eigenvalue weighted by atomic mass is 10.0. The van der Waals surface area contributed by atoms with E-state index in [0.717, 1.165) is 6.07 Å². The maximum Gasteiger partial charge on any atom is 0.434 e. The van der Waals surface area contributed by atoms with Crippen LogP contribution in [0.4, 0.5) is 37.8 Å². The van der Waals surface area contributed by atoms with E-state index in [4.69, 9.17) is 11.6 Å². The van der Waals surface area contributed by atoms with E-state index in [1.54, 1.807) is 30.3 Å². The highest BCUT2D eigenvalue weighted by Crippen LogP contribution is 2.45. The Hall–Kier alpha value is -4.00. The van der Waals surface area contributed by atoms with Crippen LogP contribution < -0.4 is 5.43 Å². The molecular formula is C21H12ClF6N7. The summed E-state index contributed by atoms with van der Waals surface area (Å²) in [6.45, 7) is 0. The van der Waals surface area contributed by atoms with E-state index in [9.17, 15) is 26.3 Å². The minimum atomic E-state index is -5.09. The van der Waals surface area contributed by atoms with Crippen LogP contribution in [0.25, 0.3) is 17.1 Å². The molecule has 0 radical (unpaired) electrons. The van der Waals surface area contributed by atoms with Crippen molar-refractivity contribution >= 4 is 23.1 Å². The number of aromatic nitrogens is 4. The molecule has 180 valence electrons. The fraction of sp³-hybridized carbons (Fsp3) is 0.0952. The molecule has 2 heterocycles. The van der Waals surface area contributed by atoms with Crippen LogP contribution in [0.2, 0.25) is 5.02 Å². The summed E-state index contributed by atoms with van der Waals surface area (Å²) < 4.78 is 83.3. The van der Waals surface area contributed by atoms with E-state index in [-0.39, 0.29) is 0 Å². The third kappa shape index (κ3) is 5.40. The van der Waals surface area contributed by atoms with E-state index < -0.39 is 51.5 Å². The van der Waals surface area contributed by atoms with Gasteiger partial charge in [0, 0.05) is 17.4 Å². The second kappa shape index (κ2) is 9.33. The molecule has 35 heavy (non-hydrogen) atoms. The molecule has 2 aromatic carbocycles. The summed E-state index contributed by atoms with van der Waals surface area (Å²) in [4.78, 5) is 7.54. The highest BCUT2D eigenvalue weighted by atomic mass is 35.5. The molecule has 7 nitrogen and oxygen atoms in total. The number of hydrogen-bond donors (Lipinski definition) is 1. The lowest BCUT2D eigenvalue weighted by Gasteiger charge is -2.13. The number of para-hydroxylation sites is 1. The first kappa shape index (κ1) is 24.1. The van der Waals surface area contributed by atoms with Gasteiger partial charge in [-0.25, -0.2) is 9.97 Å². The summed E-state index contributed by atoms with van der Waals surface area (Å²) in [5.41, 5.74) is -1.02. The summed E-state index contributed by atoms with van der Waals surface area (Å²) in [7, 11) is 0. The Morgan fingerprint density at radius 3 is 2.17 bits per heavy atom. The van der Waals surface area contributed by atoms with Crippen LogP contribution in [0.3, 0.4) is 0 Å². The van der Waals surface area contributed by atoms with E-state index >= 15 is 0 Å². The molecule has 4 aromatic rings. The van der Waals surface area contributed by atoms with Gasteiger partial charge in [0.25, 0.3) is 5.95 Å². The number of nitrogens with one attached hydrogen (secondary N) is 1. The molecule has 0 saturated carbocycles. The van der Waals surface area contributed by atoms with Crippen molar-refractivity contribution in [3.63, 3.8) is 0 Å². The minimum Gasteiger partial charge on any atom is -0.260 e. The first-order valence-electron chi connectivity index (χ1n) is 9.61. The van der Waals surface area contributed by atoms with Crippen molar-refractivity contribution in [3.05, 3.63) is 83.3 Å². The highest BCUT2D eigenvalue weighted by Gasteiger charge is 2.42. The van der Waals surface area contributed by atoms with Gasteiger partial charge in [0.1, 0.15) is 0 Å². The molecule has 14 heteroatoms. The molecule has 0 fully saturated rings. The largest absolute Gasteiger partial charge is 0.434 e. The van der Waals surface area contributed by atoms with Crippen molar-refractivity contribution in [2.45, 2.75) is 12.4 Å². The number of hydrogen-bond acceptors (Lipinski definition) is 5. The van der Waals surface area contributed by atoms with E-state index in [0.29, 0.717) is 22.5 Å². The van der Waals surface area contributed by atoms with Gasteiger partial charge in [-0.15, -0.1) is 10.2 Å². The van der Waals surface area contributed by atoms with Gasteiger partial charge in [0.2, 0.25) is 5.82 Å². The summed E-state index contributed by atoms with van der Waals surface area (Å²) in [5.74, 6) is -1.11. The zero-order valence-corrected chi connectivity index (χ0v) is 17.9. The molecule has 4 rings (SSSR count). The summed E-state index contributed by atoms with van der Waals surface area (Å²) in [6, 6.07) is 11.8. The molecule has 0 atom stereocenters. The molecule has 2 aromatic heterocycles. The molecule has 0 aliphatic carbocycles. The quantitative estimate of drug-likeness (QED) is 0.175. The molecule has 0 saturated heterocycles. The van der Waals surface area contributed by atoms with E-state index in [1.807, 2.05) is 0 Å². The van der Waals surface area contributed by atoms with Crippen LogP contribution in [0, 0.1) is 0 Å². The molecule has 1 N–H and O–H groups in total. The second-order valence-corrected chi connectivity index (χ2v) is 7.35. The highest BCUT2D eigenvalue weighted by molar-refractivity contribution is 6.31. The predicted octanol–water partition coefficient (Wildman–Crippen LogP) is 7.13. The maximum atomic E-state index is 14.3. The number of rotatable bonds is 5. The standard InChI is InChI=1S/C21H12ClF6N7/c22-14-10-12(9-13(11-14)20(23,24)25)16-17(21(26,27)28)35(19-29-7-4-8-30-19)33-18(16)32-34-31-15-5-2-1-3-6-15/h1-11H,(H,31,32,33). The number of halogens is 7. The molecule has 0 amide bonds. The van der Waals surface area contributed by atoms with Crippen molar-refractivity contribution in [1.82, 2.24) is 19.7 Å². The van der Waals surface area contributed by atoms with Gasteiger partial charge in [-0.3, -0.25) is 5.43 Å². The van der Waals surface area contributed by atoms with E-state index in [2.05, 4.69) is 30.8 Å². The third-order valence-electron chi connectivity index (χ3n) is 4.49. The molecule has 0 aliphatic heterocycles. The van der Waals surface area contributed by atoms with Gasteiger partial charge in [-0.05, 0) is 42.0 Å². The van der Waals surface area contributed by atoms with Crippen molar-refractivity contribution in [1.29, 1.82) is 0 Å². The lowest BCUT2D eigenvalue weighted by Crippen LogP contribution is -2.16. The minimum absolute atomic E-state index is 0.348. The Morgan fingerprint density at radius 2 is 1.54 bits per heavy atom. The van der Waals surface area contributed by atoms with Crippen LogP contribution in [-0.2, 0) is 12.4 Å². The van der Waals surface area contributed by atoms with Crippen LogP contribution in [0.5, 0.6) is 0 Å². The lowest BCUT2D eigenvalue weighted by molar-refractivity contribution is -0.142. The Balaban J connectivity index is 1.95. The molecule has 0 bridgehead atoms. The number of benzene rings is 2. The number of alkyl halides is 6. The fourth-order valence-electron chi connectivity index (χ4n) is 3.09. The van der Waals surface area contributed by atoms with Crippen LogP contribution >= 0.6 is 11.6 Å². The number of anilines is 1. The van der Waals surface area contributed by atoms with Gasteiger partial charge in [0.15, 0.2) is 5.69 Å². The molecule has 0 unspecified atom stereocenters. The molecule has 0 spiro atoms. The van der Waals surface area contributed by atoms with Crippen molar-refractivity contribution in [2.24, 2.45) is 10.3 Å².